The number of benzene rings is 2. The highest BCUT2D eigenvalue weighted by Crippen LogP contribution is 2.33. The van der Waals surface area contributed by atoms with E-state index in [1.54, 1.807) is 0 Å². The van der Waals surface area contributed by atoms with E-state index in [4.69, 9.17) is 21.6 Å². The molecule has 5 heteroatoms. The molecular weight excluding hydrogens is 524 g/mol. The van der Waals surface area contributed by atoms with E-state index in [0.717, 1.165) is 91.9 Å². The Labute approximate surface area is 244 Å². The van der Waals surface area contributed by atoms with Crippen LogP contribution >= 0.6 is 11.6 Å². The second-order valence-electron chi connectivity index (χ2n) is 10.3. The summed E-state index contributed by atoms with van der Waals surface area (Å²) in [6.45, 7) is 0. The molecule has 41 heavy (non-hydrogen) atoms. The molecule has 5 aromatic rings. The molecule has 8 bridgehead atoms. The summed E-state index contributed by atoms with van der Waals surface area (Å²) in [7, 11) is 0. The fraction of sp³-hybridized carbons (Fsp3) is 0.111. The molecule has 0 aliphatic carbocycles. The van der Waals surface area contributed by atoms with Gasteiger partial charge in [0.25, 0.3) is 0 Å². The topological polar surface area (TPSA) is 57.4 Å². The molecule has 0 unspecified atom stereocenters. The lowest BCUT2D eigenvalue weighted by Crippen LogP contribution is -1.96. The zero-order chi connectivity index (χ0) is 27.6. The van der Waals surface area contributed by atoms with Crippen molar-refractivity contribution in [3.05, 3.63) is 119 Å². The molecule has 0 radical (unpaired) electrons. The van der Waals surface area contributed by atoms with Gasteiger partial charge in [0.05, 0.1) is 22.8 Å². The number of nitrogens with zero attached hydrogens (tertiary/aromatic N) is 2. The molecule has 4 nitrogen and oxygen atoms in total. The summed E-state index contributed by atoms with van der Waals surface area (Å²) in [4.78, 5) is 17.7. The van der Waals surface area contributed by atoms with E-state index in [0.29, 0.717) is 5.88 Å². The van der Waals surface area contributed by atoms with Crippen molar-refractivity contribution in [3.8, 4) is 22.3 Å². The van der Waals surface area contributed by atoms with Gasteiger partial charge in [0.15, 0.2) is 0 Å². The lowest BCUT2D eigenvalue weighted by molar-refractivity contribution is 0.793. The van der Waals surface area contributed by atoms with Crippen LogP contribution in [0.1, 0.15) is 41.2 Å². The standard InChI is InChI=1S/C36H29ClN4/c37-22-8-7-13-28-29-18-20-33(40-29)35(24-9-3-1-4-10-24)31-16-14-26(38-31)23-27-15-17-32(39-27)36(25-11-5-2-6-12-25)34-21-19-30(28)41-34/h1-6,9-12,14-21,23,38-39H,7-8,13,22H2. The summed E-state index contributed by atoms with van der Waals surface area (Å²) in [5, 5.41) is 0. The van der Waals surface area contributed by atoms with Crippen molar-refractivity contribution in [2.45, 2.75) is 19.3 Å². The van der Waals surface area contributed by atoms with Gasteiger partial charge in [-0.3, -0.25) is 0 Å². The predicted molar refractivity (Wildman–Crippen MR) is 173 cm³/mol. The van der Waals surface area contributed by atoms with Gasteiger partial charge >= 0.3 is 0 Å². The highest BCUT2D eigenvalue weighted by molar-refractivity contribution is 6.17. The van der Waals surface area contributed by atoms with Crippen LogP contribution in [0.2, 0.25) is 0 Å². The molecule has 0 spiro atoms. The average Bonchev–Trinajstić information content (AvgIpc) is 3.83. The number of aromatic nitrogens is 4. The summed E-state index contributed by atoms with van der Waals surface area (Å²) in [6.07, 6.45) is 11.3. The zero-order valence-electron chi connectivity index (χ0n) is 22.6. The highest BCUT2D eigenvalue weighted by Gasteiger charge is 2.17. The largest absolute Gasteiger partial charge is 0.355 e. The minimum atomic E-state index is 0.645. The van der Waals surface area contributed by atoms with Crippen LogP contribution in [0.5, 0.6) is 0 Å². The van der Waals surface area contributed by atoms with Gasteiger partial charge in [0, 0.05) is 44.6 Å². The van der Waals surface area contributed by atoms with Crippen molar-refractivity contribution in [3.63, 3.8) is 0 Å². The number of halogens is 1. The molecule has 0 fully saturated rings. The molecule has 0 atom stereocenters. The Balaban J connectivity index is 1.59. The molecule has 2 aromatic carbocycles. The molecule has 3 aromatic heterocycles. The monoisotopic (exact) mass is 552 g/mol. The number of aromatic amines is 2. The Kier molecular flexibility index (Phi) is 6.83. The number of hydrogen-bond acceptors (Lipinski definition) is 2. The Morgan fingerprint density at radius 2 is 1.02 bits per heavy atom. The van der Waals surface area contributed by atoms with Crippen molar-refractivity contribution in [2.24, 2.45) is 0 Å². The third-order valence-electron chi connectivity index (χ3n) is 7.61. The minimum absolute atomic E-state index is 0.645. The van der Waals surface area contributed by atoms with Crippen LogP contribution in [0, 0.1) is 0 Å². The average molecular weight is 553 g/mol. The van der Waals surface area contributed by atoms with Crippen LogP contribution in [0.15, 0.2) is 91.0 Å². The zero-order valence-corrected chi connectivity index (χ0v) is 23.3. The van der Waals surface area contributed by atoms with E-state index >= 15 is 0 Å². The van der Waals surface area contributed by atoms with Crippen LogP contribution in [0.25, 0.3) is 68.6 Å². The number of nitrogens with one attached hydrogen (secondary N) is 2. The van der Waals surface area contributed by atoms with E-state index in [9.17, 15) is 0 Å². The van der Waals surface area contributed by atoms with E-state index in [1.807, 2.05) is 12.1 Å². The number of unbranched alkanes of at least 4 members (excludes halogenated alkanes) is 1. The fourth-order valence-electron chi connectivity index (χ4n) is 5.67. The van der Waals surface area contributed by atoms with E-state index in [-0.39, 0.29) is 0 Å². The first kappa shape index (κ1) is 25.3. The Hall–Kier alpha value is -4.67. The van der Waals surface area contributed by atoms with Gasteiger partial charge in [-0.15, -0.1) is 11.6 Å². The van der Waals surface area contributed by atoms with Crippen molar-refractivity contribution in [1.29, 1.82) is 0 Å². The van der Waals surface area contributed by atoms with Gasteiger partial charge in [-0.1, -0.05) is 60.7 Å². The minimum Gasteiger partial charge on any atom is -0.355 e. The summed E-state index contributed by atoms with van der Waals surface area (Å²) in [6, 6.07) is 31.6. The highest BCUT2D eigenvalue weighted by atomic mass is 35.5. The normalized spacial score (nSPS) is 12.2. The smallest absolute Gasteiger partial charge is 0.0737 e. The second kappa shape index (κ2) is 11.1. The fourth-order valence-corrected chi connectivity index (χ4v) is 5.86. The van der Waals surface area contributed by atoms with Gasteiger partial charge in [0.2, 0.25) is 0 Å². The quantitative estimate of drug-likeness (QED) is 0.159. The number of alkyl halides is 1. The number of hydrogen-bond donors (Lipinski definition) is 2. The Bertz CT molecular complexity index is 1810. The maximum Gasteiger partial charge on any atom is 0.0737 e. The molecular formula is C36H29ClN4. The number of fused-ring (bicyclic) bond motifs is 8. The molecule has 200 valence electrons. The molecule has 2 N–H and O–H groups in total. The maximum atomic E-state index is 6.08. The SMILES string of the molecule is ClCCCCc1c2nc(c(-c3ccccc3)c3ccc(cc4ccc([nH]4)c(-c4ccccc4)c4nc1C=C4)[nH]3)C=C2. The summed E-state index contributed by atoms with van der Waals surface area (Å²) in [5.41, 5.74) is 13.4. The van der Waals surface area contributed by atoms with Crippen LogP contribution in [0.3, 0.4) is 0 Å². The summed E-state index contributed by atoms with van der Waals surface area (Å²) < 4.78 is 0. The van der Waals surface area contributed by atoms with Crippen LogP contribution in [-0.4, -0.2) is 25.8 Å². The van der Waals surface area contributed by atoms with Gasteiger partial charge in [-0.05, 0) is 85.0 Å². The Morgan fingerprint density at radius 3 is 1.51 bits per heavy atom. The first-order valence-corrected chi connectivity index (χ1v) is 14.6. The summed E-state index contributed by atoms with van der Waals surface area (Å²) in [5.74, 6) is 0.645. The van der Waals surface area contributed by atoms with E-state index in [1.165, 1.54) is 0 Å². The molecule has 0 saturated carbocycles. The Morgan fingerprint density at radius 1 is 0.537 bits per heavy atom. The number of rotatable bonds is 6. The van der Waals surface area contributed by atoms with Gasteiger partial charge in [0.1, 0.15) is 0 Å². The molecule has 0 amide bonds. The van der Waals surface area contributed by atoms with Crippen LogP contribution in [-0.2, 0) is 6.42 Å². The lowest BCUT2D eigenvalue weighted by Gasteiger charge is -2.05. The molecule has 2 aliphatic heterocycles. The predicted octanol–water partition coefficient (Wildman–Crippen LogP) is 9.55. The van der Waals surface area contributed by atoms with Gasteiger partial charge in [-0.25, -0.2) is 9.97 Å². The van der Waals surface area contributed by atoms with Crippen molar-refractivity contribution >= 4 is 58.0 Å². The van der Waals surface area contributed by atoms with Crippen molar-refractivity contribution in [1.82, 2.24) is 19.9 Å². The molecule has 2 aliphatic rings. The molecule has 5 heterocycles. The third kappa shape index (κ3) is 5.03. The first-order chi connectivity index (χ1) is 20.3. The van der Waals surface area contributed by atoms with Crippen LogP contribution < -0.4 is 0 Å². The number of H-pyrrole nitrogens is 2. The van der Waals surface area contributed by atoms with Gasteiger partial charge in [-0.2, -0.15) is 0 Å². The molecule has 7 rings (SSSR count). The first-order valence-electron chi connectivity index (χ1n) is 14.1. The van der Waals surface area contributed by atoms with E-state index < -0.39 is 0 Å². The van der Waals surface area contributed by atoms with Gasteiger partial charge < -0.3 is 9.97 Å². The maximum absolute atomic E-state index is 6.08. The third-order valence-corrected chi connectivity index (χ3v) is 7.88. The van der Waals surface area contributed by atoms with E-state index in [2.05, 4.69) is 113 Å². The van der Waals surface area contributed by atoms with Crippen LogP contribution in [0.4, 0.5) is 0 Å². The second-order valence-corrected chi connectivity index (χ2v) is 10.7. The van der Waals surface area contributed by atoms with Crippen molar-refractivity contribution in [2.75, 3.05) is 5.88 Å². The van der Waals surface area contributed by atoms with Crippen molar-refractivity contribution < 1.29 is 0 Å². The lowest BCUT2D eigenvalue weighted by atomic mass is 10.0. The molecule has 0 saturated heterocycles. The summed E-state index contributed by atoms with van der Waals surface area (Å²) >= 11 is 6.08.